The maximum absolute atomic E-state index is 11.7. The fraction of sp³-hybridized carbons (Fsp3) is 0.182. The molecule has 1 aromatic heterocycles. The number of para-hydroxylation sites is 1. The predicted molar refractivity (Wildman–Crippen MR) is 66.0 cm³/mol. The number of hydrogen-bond donors (Lipinski definition) is 2. The van der Waals surface area contributed by atoms with Crippen LogP contribution in [0, 0.1) is 0 Å². The molecule has 1 heterocycles. The molecule has 5 nitrogen and oxygen atoms in total. The molecule has 0 bridgehead atoms. The second-order valence-electron chi connectivity index (χ2n) is 3.54. The number of carboxylic acid groups (broad SMARTS) is 1. The second kappa shape index (κ2) is 4.67. The molecule has 0 unspecified atom stereocenters. The van der Waals surface area contributed by atoms with Crippen molar-refractivity contribution >= 4 is 32.8 Å². The van der Waals surface area contributed by atoms with E-state index in [1.54, 1.807) is 18.2 Å². The van der Waals surface area contributed by atoms with Crippen molar-refractivity contribution in [2.75, 3.05) is 0 Å². The summed E-state index contributed by atoms with van der Waals surface area (Å²) in [5.41, 5.74) is 0.299. The summed E-state index contributed by atoms with van der Waals surface area (Å²) in [6.07, 6.45) is 0.154. The average molecular weight is 297 g/mol. The van der Waals surface area contributed by atoms with Crippen molar-refractivity contribution in [1.82, 2.24) is 9.97 Å². The molecule has 2 rings (SSSR count). The lowest BCUT2D eigenvalue weighted by Crippen LogP contribution is -2.13. The summed E-state index contributed by atoms with van der Waals surface area (Å²) in [5, 5.41) is 9.07. The van der Waals surface area contributed by atoms with E-state index in [1.165, 1.54) is 0 Å². The third-order valence-corrected chi connectivity index (χ3v) is 2.95. The molecule has 0 saturated carbocycles. The van der Waals surface area contributed by atoms with Crippen LogP contribution < -0.4 is 5.56 Å². The van der Waals surface area contributed by atoms with Gasteiger partial charge in [0.05, 0.1) is 17.3 Å². The van der Waals surface area contributed by atoms with Crippen LogP contribution in [-0.2, 0) is 11.2 Å². The van der Waals surface area contributed by atoms with Crippen LogP contribution in [0.25, 0.3) is 10.9 Å². The summed E-state index contributed by atoms with van der Waals surface area (Å²) in [4.78, 5) is 29.0. The van der Waals surface area contributed by atoms with Crippen LogP contribution in [0.4, 0.5) is 0 Å². The second-order valence-corrected chi connectivity index (χ2v) is 4.40. The number of aromatic amines is 1. The highest BCUT2D eigenvalue weighted by molar-refractivity contribution is 9.10. The zero-order chi connectivity index (χ0) is 12.4. The van der Waals surface area contributed by atoms with Gasteiger partial charge in [0, 0.05) is 10.9 Å². The molecule has 0 aliphatic heterocycles. The zero-order valence-corrected chi connectivity index (χ0v) is 10.3. The lowest BCUT2D eigenvalue weighted by Gasteiger charge is -2.02. The van der Waals surface area contributed by atoms with Crippen molar-refractivity contribution in [3.05, 3.63) is 38.9 Å². The number of aromatic nitrogens is 2. The number of hydrogen-bond acceptors (Lipinski definition) is 3. The number of H-pyrrole nitrogens is 1. The number of fused-ring (bicyclic) bond motifs is 1. The van der Waals surface area contributed by atoms with Gasteiger partial charge in [0.25, 0.3) is 5.56 Å². The molecule has 17 heavy (non-hydrogen) atoms. The fourth-order valence-electron chi connectivity index (χ4n) is 1.52. The topological polar surface area (TPSA) is 83.0 Å². The normalized spacial score (nSPS) is 10.6. The molecule has 0 aliphatic carbocycles. The highest BCUT2D eigenvalue weighted by Gasteiger charge is 2.07. The van der Waals surface area contributed by atoms with Crippen molar-refractivity contribution in [3.8, 4) is 0 Å². The minimum atomic E-state index is -0.917. The molecular weight excluding hydrogens is 288 g/mol. The van der Waals surface area contributed by atoms with Gasteiger partial charge in [-0.15, -0.1) is 0 Å². The SMILES string of the molecule is O=C(O)CCc1nc2c(Br)cccc2c(=O)[nH]1. The summed E-state index contributed by atoms with van der Waals surface area (Å²) in [6, 6.07) is 5.21. The molecule has 0 saturated heterocycles. The summed E-state index contributed by atoms with van der Waals surface area (Å²) in [5.74, 6) is -0.531. The van der Waals surface area contributed by atoms with E-state index in [2.05, 4.69) is 25.9 Å². The van der Waals surface area contributed by atoms with Crippen molar-refractivity contribution in [3.63, 3.8) is 0 Å². The number of rotatable bonds is 3. The van der Waals surface area contributed by atoms with E-state index in [9.17, 15) is 9.59 Å². The van der Waals surface area contributed by atoms with Crippen molar-refractivity contribution in [2.24, 2.45) is 0 Å². The number of nitrogens with one attached hydrogen (secondary N) is 1. The molecule has 0 fully saturated rings. The van der Waals surface area contributed by atoms with Crippen LogP contribution in [0.3, 0.4) is 0 Å². The van der Waals surface area contributed by atoms with Gasteiger partial charge in [-0.2, -0.15) is 0 Å². The third-order valence-electron chi connectivity index (χ3n) is 2.31. The molecule has 6 heteroatoms. The minimum Gasteiger partial charge on any atom is -0.481 e. The first-order valence-corrected chi connectivity index (χ1v) is 5.76. The molecule has 2 N–H and O–H groups in total. The summed E-state index contributed by atoms with van der Waals surface area (Å²) >= 11 is 3.31. The molecule has 0 radical (unpaired) electrons. The first kappa shape index (κ1) is 11.8. The minimum absolute atomic E-state index is 0.0566. The number of aliphatic carboxylic acids is 1. The Morgan fingerprint density at radius 3 is 2.94 bits per heavy atom. The number of aryl methyl sites for hydroxylation is 1. The number of carbonyl (C=O) groups is 1. The van der Waals surface area contributed by atoms with Crippen LogP contribution in [0.5, 0.6) is 0 Å². The lowest BCUT2D eigenvalue weighted by atomic mass is 10.2. The molecule has 0 amide bonds. The fourth-order valence-corrected chi connectivity index (χ4v) is 1.97. The largest absolute Gasteiger partial charge is 0.481 e. The smallest absolute Gasteiger partial charge is 0.303 e. The van der Waals surface area contributed by atoms with E-state index in [-0.39, 0.29) is 18.4 Å². The predicted octanol–water partition coefficient (Wildman–Crippen LogP) is 1.70. The highest BCUT2D eigenvalue weighted by Crippen LogP contribution is 2.19. The Hall–Kier alpha value is -1.69. The zero-order valence-electron chi connectivity index (χ0n) is 8.74. The molecule has 0 spiro atoms. The van der Waals surface area contributed by atoms with Gasteiger partial charge in [-0.3, -0.25) is 9.59 Å². The summed E-state index contributed by atoms with van der Waals surface area (Å²) < 4.78 is 0.720. The van der Waals surface area contributed by atoms with Crippen LogP contribution in [0.2, 0.25) is 0 Å². The molecule has 0 aliphatic rings. The number of carboxylic acids is 1. The van der Waals surface area contributed by atoms with Crippen molar-refractivity contribution < 1.29 is 9.90 Å². The van der Waals surface area contributed by atoms with Crippen LogP contribution >= 0.6 is 15.9 Å². The standard InChI is InChI=1S/C11H9BrN2O3/c12-7-3-1-2-6-10(7)13-8(14-11(6)17)4-5-9(15)16/h1-3H,4-5H2,(H,15,16)(H,13,14,17). The number of nitrogens with zero attached hydrogens (tertiary/aromatic N) is 1. The lowest BCUT2D eigenvalue weighted by molar-refractivity contribution is -0.137. The van der Waals surface area contributed by atoms with Gasteiger partial charge in [-0.25, -0.2) is 4.98 Å². The van der Waals surface area contributed by atoms with Crippen molar-refractivity contribution in [1.29, 1.82) is 0 Å². The highest BCUT2D eigenvalue weighted by atomic mass is 79.9. The van der Waals surface area contributed by atoms with Crippen molar-refractivity contribution in [2.45, 2.75) is 12.8 Å². The molecule has 2 aromatic rings. The van der Waals surface area contributed by atoms with Gasteiger partial charge in [-0.1, -0.05) is 6.07 Å². The summed E-state index contributed by atoms with van der Waals surface area (Å²) in [7, 11) is 0. The van der Waals surface area contributed by atoms with E-state index in [0.717, 1.165) is 4.47 Å². The Morgan fingerprint density at radius 2 is 2.24 bits per heavy atom. The van der Waals surface area contributed by atoms with Crippen LogP contribution in [0.15, 0.2) is 27.5 Å². The Labute approximate surface area is 105 Å². The maximum Gasteiger partial charge on any atom is 0.303 e. The van der Waals surface area contributed by atoms with Gasteiger partial charge in [0.15, 0.2) is 0 Å². The molecule has 1 aromatic carbocycles. The van der Waals surface area contributed by atoms with E-state index in [4.69, 9.17) is 5.11 Å². The van der Waals surface area contributed by atoms with E-state index in [1.807, 2.05) is 0 Å². The Balaban J connectivity index is 2.50. The maximum atomic E-state index is 11.7. The van der Waals surface area contributed by atoms with E-state index >= 15 is 0 Å². The number of halogens is 1. The first-order chi connectivity index (χ1) is 8.08. The average Bonchev–Trinajstić information content (AvgIpc) is 2.28. The van der Waals surface area contributed by atoms with Crippen LogP contribution in [-0.4, -0.2) is 21.0 Å². The third kappa shape index (κ3) is 2.52. The van der Waals surface area contributed by atoms with Gasteiger partial charge in [0.1, 0.15) is 5.82 Å². The Bertz CT molecular complexity index is 636. The monoisotopic (exact) mass is 296 g/mol. The van der Waals surface area contributed by atoms with Gasteiger partial charge >= 0.3 is 5.97 Å². The quantitative estimate of drug-likeness (QED) is 0.903. The molecular formula is C11H9BrN2O3. The van der Waals surface area contributed by atoms with E-state index in [0.29, 0.717) is 16.7 Å². The van der Waals surface area contributed by atoms with Gasteiger partial charge in [-0.05, 0) is 28.1 Å². The first-order valence-electron chi connectivity index (χ1n) is 4.97. The molecule has 88 valence electrons. The number of benzene rings is 1. The van der Waals surface area contributed by atoms with Gasteiger partial charge in [0.2, 0.25) is 0 Å². The van der Waals surface area contributed by atoms with E-state index < -0.39 is 5.97 Å². The molecule has 0 atom stereocenters. The Morgan fingerprint density at radius 1 is 1.47 bits per heavy atom. The van der Waals surface area contributed by atoms with Crippen LogP contribution in [0.1, 0.15) is 12.2 Å². The summed E-state index contributed by atoms with van der Waals surface area (Å²) in [6.45, 7) is 0. The Kier molecular flexibility index (Phi) is 3.23. The van der Waals surface area contributed by atoms with Gasteiger partial charge < -0.3 is 10.1 Å².